The minimum atomic E-state index is -4.28. The molecule has 0 amide bonds. The van der Waals surface area contributed by atoms with E-state index in [9.17, 15) is 13.2 Å². The number of alkyl halides is 4. The molecular formula is C11H12ClF3. The first-order valence-electron chi connectivity index (χ1n) is 4.68. The van der Waals surface area contributed by atoms with Gasteiger partial charge in [0.2, 0.25) is 0 Å². The fraction of sp³-hybridized carbons (Fsp3) is 0.455. The molecule has 0 spiro atoms. The molecule has 4 heteroatoms. The first-order chi connectivity index (χ1) is 6.86. The van der Waals surface area contributed by atoms with Crippen molar-refractivity contribution in [2.75, 3.05) is 0 Å². The largest absolute Gasteiger partial charge is 0.416 e. The van der Waals surface area contributed by atoms with Crippen molar-refractivity contribution in [3.63, 3.8) is 0 Å². The average molecular weight is 237 g/mol. The van der Waals surface area contributed by atoms with Gasteiger partial charge >= 0.3 is 6.18 Å². The summed E-state index contributed by atoms with van der Waals surface area (Å²) in [7, 11) is 0. The topological polar surface area (TPSA) is 0 Å². The van der Waals surface area contributed by atoms with E-state index in [4.69, 9.17) is 11.6 Å². The third kappa shape index (κ3) is 2.88. The molecule has 1 unspecified atom stereocenters. The Morgan fingerprint density at radius 1 is 1.33 bits per heavy atom. The molecule has 0 aromatic heterocycles. The van der Waals surface area contributed by atoms with E-state index in [0.717, 1.165) is 17.7 Å². The van der Waals surface area contributed by atoms with Gasteiger partial charge in [-0.3, -0.25) is 0 Å². The summed E-state index contributed by atoms with van der Waals surface area (Å²) < 4.78 is 37.0. The Hall–Kier alpha value is -0.700. The molecule has 0 heterocycles. The van der Waals surface area contributed by atoms with E-state index >= 15 is 0 Å². The Bertz CT molecular complexity index is 344. The van der Waals surface area contributed by atoms with Crippen LogP contribution in [0.3, 0.4) is 0 Å². The van der Waals surface area contributed by atoms with Crippen LogP contribution in [0.15, 0.2) is 18.2 Å². The van der Waals surface area contributed by atoms with Crippen LogP contribution in [0.4, 0.5) is 13.2 Å². The molecule has 0 bridgehead atoms. The fourth-order valence-electron chi connectivity index (χ4n) is 1.42. The van der Waals surface area contributed by atoms with Crippen molar-refractivity contribution in [2.45, 2.75) is 31.8 Å². The normalized spacial score (nSPS) is 14.0. The lowest BCUT2D eigenvalue weighted by atomic mass is 10.0. The van der Waals surface area contributed by atoms with E-state index in [1.807, 2.05) is 6.92 Å². The van der Waals surface area contributed by atoms with Gasteiger partial charge in [-0.2, -0.15) is 13.2 Å². The molecule has 1 rings (SSSR count). The van der Waals surface area contributed by atoms with E-state index in [2.05, 4.69) is 0 Å². The molecule has 0 radical (unpaired) electrons. The molecule has 0 aliphatic heterocycles. The van der Waals surface area contributed by atoms with Gasteiger partial charge < -0.3 is 0 Å². The molecule has 0 saturated carbocycles. The molecule has 0 nitrogen and oxygen atoms in total. The maximum atomic E-state index is 12.3. The van der Waals surface area contributed by atoms with Crippen LogP contribution in [0.25, 0.3) is 0 Å². The highest BCUT2D eigenvalue weighted by atomic mass is 35.5. The van der Waals surface area contributed by atoms with Crippen molar-refractivity contribution in [1.29, 1.82) is 0 Å². The second kappa shape index (κ2) is 4.44. The van der Waals surface area contributed by atoms with Crippen molar-refractivity contribution in [2.24, 2.45) is 0 Å². The second-order valence-corrected chi connectivity index (χ2v) is 3.97. The lowest BCUT2D eigenvalue weighted by Crippen LogP contribution is -2.06. The maximum Gasteiger partial charge on any atom is 0.416 e. The summed E-state index contributed by atoms with van der Waals surface area (Å²) in [6, 6.07) is 3.67. The lowest BCUT2D eigenvalue weighted by molar-refractivity contribution is -0.137. The Kier molecular flexibility index (Phi) is 3.66. The summed E-state index contributed by atoms with van der Waals surface area (Å²) in [5, 5.41) is -0.215. The SMILES string of the molecule is CCC(Cl)c1ccc(C(F)(F)F)cc1C. The van der Waals surface area contributed by atoms with Crippen molar-refractivity contribution >= 4 is 11.6 Å². The van der Waals surface area contributed by atoms with Gasteiger partial charge in [0.15, 0.2) is 0 Å². The summed E-state index contributed by atoms with van der Waals surface area (Å²) in [4.78, 5) is 0. The van der Waals surface area contributed by atoms with Gasteiger partial charge in [0.05, 0.1) is 10.9 Å². The van der Waals surface area contributed by atoms with Gasteiger partial charge in [-0.05, 0) is 36.6 Å². The number of hydrogen-bond donors (Lipinski definition) is 0. The predicted octanol–water partition coefficient (Wildman–Crippen LogP) is 4.70. The van der Waals surface area contributed by atoms with Crippen molar-refractivity contribution < 1.29 is 13.2 Å². The third-order valence-corrected chi connectivity index (χ3v) is 2.84. The molecule has 0 fully saturated rings. The first-order valence-corrected chi connectivity index (χ1v) is 5.11. The summed E-state index contributed by atoms with van der Waals surface area (Å²) in [6.07, 6.45) is -3.58. The summed E-state index contributed by atoms with van der Waals surface area (Å²) in [5.74, 6) is 0. The van der Waals surface area contributed by atoms with Crippen LogP contribution in [-0.4, -0.2) is 0 Å². The average Bonchev–Trinajstić information content (AvgIpc) is 2.15. The first kappa shape index (κ1) is 12.4. The monoisotopic (exact) mass is 236 g/mol. The number of rotatable bonds is 2. The van der Waals surface area contributed by atoms with Crippen molar-refractivity contribution in [3.8, 4) is 0 Å². The number of hydrogen-bond acceptors (Lipinski definition) is 0. The molecular weight excluding hydrogens is 225 g/mol. The lowest BCUT2D eigenvalue weighted by Gasteiger charge is -2.13. The summed E-state index contributed by atoms with van der Waals surface area (Å²) in [5.41, 5.74) is 0.738. The smallest absolute Gasteiger partial charge is 0.166 e. The number of benzene rings is 1. The fourth-order valence-corrected chi connectivity index (χ4v) is 1.67. The molecule has 0 N–H and O–H groups in total. The van der Waals surface area contributed by atoms with Gasteiger partial charge in [0, 0.05) is 0 Å². The van der Waals surface area contributed by atoms with Crippen LogP contribution in [0, 0.1) is 6.92 Å². The molecule has 0 aliphatic carbocycles. The maximum absolute atomic E-state index is 12.3. The van der Waals surface area contributed by atoms with Crippen LogP contribution in [0.2, 0.25) is 0 Å². The quantitative estimate of drug-likeness (QED) is 0.653. The Morgan fingerprint density at radius 2 is 1.93 bits per heavy atom. The van der Waals surface area contributed by atoms with Crippen LogP contribution >= 0.6 is 11.6 Å². The highest BCUT2D eigenvalue weighted by Gasteiger charge is 2.30. The van der Waals surface area contributed by atoms with E-state index < -0.39 is 11.7 Å². The van der Waals surface area contributed by atoms with Gasteiger partial charge in [0.25, 0.3) is 0 Å². The van der Waals surface area contributed by atoms with Crippen molar-refractivity contribution in [3.05, 3.63) is 34.9 Å². The summed E-state index contributed by atoms with van der Waals surface area (Å²) in [6.45, 7) is 3.55. The van der Waals surface area contributed by atoms with Crippen LogP contribution in [-0.2, 0) is 6.18 Å². The molecule has 1 atom stereocenters. The molecule has 1 aromatic rings. The van der Waals surface area contributed by atoms with E-state index in [1.165, 1.54) is 6.07 Å². The third-order valence-electron chi connectivity index (χ3n) is 2.29. The van der Waals surface area contributed by atoms with Crippen LogP contribution in [0.5, 0.6) is 0 Å². The Labute approximate surface area is 92.1 Å². The van der Waals surface area contributed by atoms with Crippen LogP contribution < -0.4 is 0 Å². The zero-order chi connectivity index (χ0) is 11.6. The Balaban J connectivity index is 3.09. The van der Waals surface area contributed by atoms with Gasteiger partial charge in [0.1, 0.15) is 0 Å². The molecule has 15 heavy (non-hydrogen) atoms. The minimum absolute atomic E-state index is 0.215. The highest BCUT2D eigenvalue weighted by Crippen LogP contribution is 2.33. The Morgan fingerprint density at radius 3 is 2.33 bits per heavy atom. The van der Waals surface area contributed by atoms with Gasteiger partial charge in [-0.1, -0.05) is 13.0 Å². The van der Waals surface area contributed by atoms with Gasteiger partial charge in [-0.25, -0.2) is 0 Å². The number of halogens is 4. The van der Waals surface area contributed by atoms with Crippen molar-refractivity contribution in [1.82, 2.24) is 0 Å². The summed E-state index contributed by atoms with van der Waals surface area (Å²) >= 11 is 5.98. The van der Waals surface area contributed by atoms with E-state index in [1.54, 1.807) is 6.92 Å². The zero-order valence-electron chi connectivity index (χ0n) is 8.53. The molecule has 1 aromatic carbocycles. The second-order valence-electron chi connectivity index (χ2n) is 3.44. The zero-order valence-corrected chi connectivity index (χ0v) is 9.28. The molecule has 0 aliphatic rings. The molecule has 84 valence electrons. The predicted molar refractivity (Wildman–Crippen MR) is 55.1 cm³/mol. The van der Waals surface area contributed by atoms with Crippen LogP contribution in [0.1, 0.15) is 35.4 Å². The number of aryl methyl sites for hydroxylation is 1. The van der Waals surface area contributed by atoms with E-state index in [-0.39, 0.29) is 5.38 Å². The van der Waals surface area contributed by atoms with E-state index in [0.29, 0.717) is 12.0 Å². The highest BCUT2D eigenvalue weighted by molar-refractivity contribution is 6.20. The standard InChI is InChI=1S/C11H12ClF3/c1-3-10(12)9-5-4-8(6-7(9)2)11(13,14)15/h4-6,10H,3H2,1-2H3. The van der Waals surface area contributed by atoms with Gasteiger partial charge in [-0.15, -0.1) is 11.6 Å². The molecule has 0 saturated heterocycles. The minimum Gasteiger partial charge on any atom is -0.166 e.